The Kier molecular flexibility index (Phi) is 20.1. The largest absolute Gasteiger partial charge is 0.494 e. The van der Waals surface area contributed by atoms with Gasteiger partial charge in [-0.05, 0) is 117 Å². The number of carbonyl (C=O) groups is 4. The van der Waals surface area contributed by atoms with E-state index in [1.54, 1.807) is 79.7 Å². The van der Waals surface area contributed by atoms with Crippen molar-refractivity contribution in [3.8, 4) is 23.0 Å². The molecule has 3 aromatic rings. The van der Waals surface area contributed by atoms with Crippen molar-refractivity contribution in [1.82, 2.24) is 0 Å². The van der Waals surface area contributed by atoms with Gasteiger partial charge in [-0.2, -0.15) is 0 Å². The van der Waals surface area contributed by atoms with Crippen molar-refractivity contribution in [1.29, 1.82) is 0 Å². The summed E-state index contributed by atoms with van der Waals surface area (Å²) >= 11 is 0. The zero-order chi connectivity index (χ0) is 37.3. The molecule has 0 N–H and O–H groups in total. The van der Waals surface area contributed by atoms with E-state index in [1.807, 2.05) is 0 Å². The van der Waals surface area contributed by atoms with E-state index in [2.05, 4.69) is 27.0 Å². The first-order chi connectivity index (χ1) is 24.7. The fourth-order valence-corrected chi connectivity index (χ4v) is 4.13. The lowest BCUT2D eigenvalue weighted by Gasteiger charge is -2.10. The molecule has 0 radical (unpaired) electrons. The molecule has 0 saturated carbocycles. The van der Waals surface area contributed by atoms with E-state index < -0.39 is 23.9 Å². The van der Waals surface area contributed by atoms with Crippen molar-refractivity contribution in [3.05, 3.63) is 115 Å². The van der Waals surface area contributed by atoms with Crippen LogP contribution in [0.5, 0.6) is 23.0 Å². The van der Waals surface area contributed by atoms with Gasteiger partial charge in [0.1, 0.15) is 23.0 Å². The van der Waals surface area contributed by atoms with Crippen LogP contribution in [0.25, 0.3) is 6.08 Å². The van der Waals surface area contributed by atoms with Crippen molar-refractivity contribution in [2.75, 3.05) is 26.4 Å². The lowest BCUT2D eigenvalue weighted by atomic mass is 10.2. The minimum atomic E-state index is -0.589. The number of carbonyl (C=O) groups excluding carboxylic acids is 4. The Balaban J connectivity index is 0.00000116. The summed E-state index contributed by atoms with van der Waals surface area (Å²) in [6.07, 6.45) is 10.8. The maximum absolute atomic E-state index is 12.6. The number of hydrogen-bond donors (Lipinski definition) is 0. The van der Waals surface area contributed by atoms with Crippen LogP contribution in [0.1, 0.15) is 73.9 Å². The monoisotopic (exact) mass is 700 g/mol. The lowest BCUT2D eigenvalue weighted by Crippen LogP contribution is -2.09. The molecule has 0 heterocycles. The van der Waals surface area contributed by atoms with Gasteiger partial charge in [-0.15, -0.1) is 0 Å². The van der Waals surface area contributed by atoms with Crippen LogP contribution in [-0.4, -0.2) is 50.3 Å². The number of rotatable bonds is 20. The van der Waals surface area contributed by atoms with E-state index in [4.69, 9.17) is 28.4 Å². The minimum absolute atomic E-state index is 0.305. The number of unbranched alkanes of at least 4 members (excludes halogenated alkanes) is 3. The molecule has 3 aromatic carbocycles. The van der Waals surface area contributed by atoms with Crippen LogP contribution in [-0.2, 0) is 23.9 Å². The Labute approximate surface area is 300 Å². The molecular formula is C41H48O10. The minimum Gasteiger partial charge on any atom is -0.494 e. The first-order valence-corrected chi connectivity index (χ1v) is 17.0. The van der Waals surface area contributed by atoms with Crippen LogP contribution < -0.4 is 18.9 Å². The number of ether oxygens (including phenoxy) is 6. The van der Waals surface area contributed by atoms with Gasteiger partial charge in [-0.25, -0.2) is 19.2 Å². The average molecular weight is 701 g/mol. The summed E-state index contributed by atoms with van der Waals surface area (Å²) in [6.45, 7) is 15.4. The second-order valence-electron chi connectivity index (χ2n) is 11.0. The van der Waals surface area contributed by atoms with Crippen molar-refractivity contribution >= 4 is 30.0 Å². The van der Waals surface area contributed by atoms with Crippen LogP contribution in [0.2, 0.25) is 0 Å². The molecule has 10 heteroatoms. The normalized spacial score (nSPS) is 10.3. The van der Waals surface area contributed by atoms with Crippen molar-refractivity contribution < 1.29 is 47.6 Å². The number of aryl methyl sites for hydroxylation is 1. The van der Waals surface area contributed by atoms with E-state index in [1.165, 1.54) is 6.08 Å². The molecule has 0 saturated heterocycles. The highest BCUT2D eigenvalue weighted by Gasteiger charge is 2.12. The van der Waals surface area contributed by atoms with Gasteiger partial charge in [-0.1, -0.05) is 39.1 Å². The highest BCUT2D eigenvalue weighted by Crippen LogP contribution is 2.25. The number of hydrogen-bond acceptors (Lipinski definition) is 10. The van der Waals surface area contributed by atoms with E-state index in [9.17, 15) is 19.2 Å². The molecule has 0 unspecified atom stereocenters. The summed E-state index contributed by atoms with van der Waals surface area (Å²) in [5.41, 5.74) is 1.67. The van der Waals surface area contributed by atoms with Crippen LogP contribution in [0, 0.1) is 6.92 Å². The number of benzene rings is 3. The second kappa shape index (κ2) is 24.6. The van der Waals surface area contributed by atoms with Gasteiger partial charge in [0.05, 0.1) is 18.8 Å². The zero-order valence-electron chi connectivity index (χ0n) is 29.7. The molecule has 0 atom stereocenters. The molecule has 0 aliphatic carbocycles. The summed E-state index contributed by atoms with van der Waals surface area (Å²) in [4.78, 5) is 47.2. The quantitative estimate of drug-likeness (QED) is 0.0491. The maximum atomic E-state index is 12.6. The molecule has 10 nitrogen and oxygen atoms in total. The van der Waals surface area contributed by atoms with Crippen LogP contribution in [0.3, 0.4) is 0 Å². The van der Waals surface area contributed by atoms with E-state index in [-0.39, 0.29) is 0 Å². The Hall–Kier alpha value is -5.48. The van der Waals surface area contributed by atoms with Gasteiger partial charge in [0.15, 0.2) is 0 Å². The molecule has 0 aromatic heterocycles. The van der Waals surface area contributed by atoms with E-state index >= 15 is 0 Å². The van der Waals surface area contributed by atoms with Crippen molar-refractivity contribution in [2.45, 2.75) is 59.3 Å². The lowest BCUT2D eigenvalue weighted by molar-refractivity contribution is -0.138. The Bertz CT molecular complexity index is 1570. The van der Waals surface area contributed by atoms with E-state index in [0.717, 1.165) is 63.9 Å². The summed E-state index contributed by atoms with van der Waals surface area (Å²) in [6, 6.07) is 17.9. The van der Waals surface area contributed by atoms with Crippen LogP contribution in [0.15, 0.2) is 98.1 Å². The predicted molar refractivity (Wildman–Crippen MR) is 196 cm³/mol. The Morgan fingerprint density at radius 3 is 1.84 bits per heavy atom. The molecule has 0 bridgehead atoms. The van der Waals surface area contributed by atoms with Gasteiger partial charge in [-0.3, -0.25) is 0 Å². The van der Waals surface area contributed by atoms with Gasteiger partial charge < -0.3 is 28.4 Å². The third-order valence-corrected chi connectivity index (χ3v) is 6.75. The standard InChI is InChI=1S/C35H34O9.C6H14O/c1-4-32(36)41-23-9-7-6-8-22-40-28-17-13-27(14-18-28)35(39)43-30-19-20-31(25(3)24-30)44-34(38)21-12-26-10-15-29(16-11-26)42-33(37)5-2;1-3-5-7-6-4-2/h4-5,10-21,24H,1-2,6-9,22-23H2,3H3;3-6H2,1-2H3/b21-12+;. The van der Waals surface area contributed by atoms with Gasteiger partial charge in [0.2, 0.25) is 0 Å². The molecule has 0 fully saturated rings. The second-order valence-corrected chi connectivity index (χ2v) is 11.0. The smallest absolute Gasteiger partial charge is 0.343 e. The highest BCUT2D eigenvalue weighted by atomic mass is 16.5. The Morgan fingerprint density at radius 2 is 1.24 bits per heavy atom. The van der Waals surface area contributed by atoms with Crippen LogP contribution >= 0.6 is 0 Å². The summed E-state index contributed by atoms with van der Waals surface area (Å²) < 4.78 is 31.7. The molecule has 0 aliphatic heterocycles. The topological polar surface area (TPSA) is 124 Å². The number of esters is 4. The molecule has 272 valence electrons. The molecule has 51 heavy (non-hydrogen) atoms. The third-order valence-electron chi connectivity index (χ3n) is 6.75. The zero-order valence-corrected chi connectivity index (χ0v) is 29.7. The maximum Gasteiger partial charge on any atom is 0.343 e. The molecular weight excluding hydrogens is 652 g/mol. The van der Waals surface area contributed by atoms with Crippen molar-refractivity contribution in [3.63, 3.8) is 0 Å². The molecule has 0 aliphatic rings. The van der Waals surface area contributed by atoms with Gasteiger partial charge in [0.25, 0.3) is 0 Å². The predicted octanol–water partition coefficient (Wildman–Crippen LogP) is 8.42. The molecule has 0 amide bonds. The first-order valence-electron chi connectivity index (χ1n) is 17.0. The summed E-state index contributed by atoms with van der Waals surface area (Å²) in [5, 5.41) is 0. The fraction of sp³-hybridized carbons (Fsp3) is 0.317. The third kappa shape index (κ3) is 17.7. The molecule has 3 rings (SSSR count). The van der Waals surface area contributed by atoms with Gasteiger partial charge >= 0.3 is 23.9 Å². The summed E-state index contributed by atoms with van der Waals surface area (Å²) in [7, 11) is 0. The Morgan fingerprint density at radius 1 is 0.627 bits per heavy atom. The molecule has 0 spiro atoms. The van der Waals surface area contributed by atoms with Gasteiger partial charge in [0, 0.05) is 31.4 Å². The average Bonchev–Trinajstić information content (AvgIpc) is 3.14. The fourth-order valence-electron chi connectivity index (χ4n) is 4.13. The van der Waals surface area contributed by atoms with E-state index in [0.29, 0.717) is 52.9 Å². The van der Waals surface area contributed by atoms with Crippen molar-refractivity contribution in [2.24, 2.45) is 0 Å². The summed E-state index contributed by atoms with van der Waals surface area (Å²) in [5.74, 6) is -0.463. The van der Waals surface area contributed by atoms with Crippen LogP contribution in [0.4, 0.5) is 0 Å². The SMILES string of the molecule is C=CC(=O)OCCCCCCOc1ccc(C(=O)Oc2ccc(OC(=O)/C=C/c3ccc(OC(=O)C=C)cc3)c(C)c2)cc1.CCCOCCC. The highest BCUT2D eigenvalue weighted by molar-refractivity contribution is 5.91. The first kappa shape index (κ1) is 41.7.